The van der Waals surface area contributed by atoms with Crippen molar-refractivity contribution in [1.29, 1.82) is 0 Å². The number of hydrogen-bond donors (Lipinski definition) is 2. The van der Waals surface area contributed by atoms with Gasteiger partial charge < -0.3 is 10.4 Å². The molecular weight excluding hydrogens is 254 g/mol. The molecule has 0 saturated heterocycles. The van der Waals surface area contributed by atoms with Crippen LogP contribution < -0.4 is 5.32 Å². The van der Waals surface area contributed by atoms with E-state index >= 15 is 0 Å². The zero-order valence-electron chi connectivity index (χ0n) is 11.7. The molecule has 2 rings (SSSR count). The van der Waals surface area contributed by atoms with Crippen LogP contribution in [-0.2, 0) is 9.59 Å². The quantitative estimate of drug-likeness (QED) is 0.803. The van der Waals surface area contributed by atoms with Crippen LogP contribution in [0.1, 0.15) is 44.1 Å². The standard InChI is InChI=1S/C16H21NO3/c1-2-13(11-6-4-3-5-7-11)16(20)17-14(10-15(18)19)12-8-9-12/h3-7,12-14H,2,8-10H2,1H3,(H,17,20)(H,18,19). The lowest BCUT2D eigenvalue weighted by Gasteiger charge is -2.21. The number of hydrogen-bond acceptors (Lipinski definition) is 2. The van der Waals surface area contributed by atoms with Crippen molar-refractivity contribution in [2.24, 2.45) is 5.92 Å². The molecule has 1 aromatic rings. The number of rotatable bonds is 7. The van der Waals surface area contributed by atoms with Crippen molar-refractivity contribution in [2.45, 2.75) is 44.6 Å². The summed E-state index contributed by atoms with van der Waals surface area (Å²) in [4.78, 5) is 23.3. The maximum atomic E-state index is 12.4. The van der Waals surface area contributed by atoms with E-state index in [0.717, 1.165) is 18.4 Å². The van der Waals surface area contributed by atoms with Gasteiger partial charge in [0, 0.05) is 6.04 Å². The van der Waals surface area contributed by atoms with Crippen molar-refractivity contribution in [2.75, 3.05) is 0 Å². The van der Waals surface area contributed by atoms with Gasteiger partial charge in [0.2, 0.25) is 5.91 Å². The molecule has 0 bridgehead atoms. The molecule has 0 aliphatic heterocycles. The Morgan fingerprint density at radius 1 is 1.30 bits per heavy atom. The van der Waals surface area contributed by atoms with Gasteiger partial charge in [0.1, 0.15) is 0 Å². The second kappa shape index (κ2) is 6.55. The molecule has 1 saturated carbocycles. The summed E-state index contributed by atoms with van der Waals surface area (Å²) in [5.41, 5.74) is 0.984. The molecule has 2 N–H and O–H groups in total. The van der Waals surface area contributed by atoms with Gasteiger partial charge in [-0.25, -0.2) is 0 Å². The molecule has 2 atom stereocenters. The molecule has 108 valence electrons. The normalized spacial score (nSPS) is 17.2. The van der Waals surface area contributed by atoms with E-state index < -0.39 is 5.97 Å². The van der Waals surface area contributed by atoms with Crippen molar-refractivity contribution in [3.05, 3.63) is 35.9 Å². The van der Waals surface area contributed by atoms with Gasteiger partial charge >= 0.3 is 5.97 Å². The third-order valence-electron chi connectivity index (χ3n) is 3.84. The predicted octanol–water partition coefficient (Wildman–Crippen LogP) is 2.55. The fourth-order valence-electron chi connectivity index (χ4n) is 2.56. The molecule has 0 aromatic heterocycles. The highest BCUT2D eigenvalue weighted by molar-refractivity contribution is 5.84. The SMILES string of the molecule is CCC(C(=O)NC(CC(=O)O)C1CC1)c1ccccc1. The molecular formula is C16H21NO3. The fourth-order valence-corrected chi connectivity index (χ4v) is 2.56. The molecule has 1 fully saturated rings. The second-order valence-corrected chi connectivity index (χ2v) is 5.42. The van der Waals surface area contributed by atoms with E-state index in [2.05, 4.69) is 5.32 Å². The second-order valence-electron chi connectivity index (χ2n) is 5.42. The number of aliphatic carboxylic acids is 1. The molecule has 4 nitrogen and oxygen atoms in total. The van der Waals surface area contributed by atoms with Crippen molar-refractivity contribution >= 4 is 11.9 Å². The Morgan fingerprint density at radius 3 is 2.45 bits per heavy atom. The van der Waals surface area contributed by atoms with Crippen LogP contribution in [0.25, 0.3) is 0 Å². The minimum atomic E-state index is -0.852. The summed E-state index contributed by atoms with van der Waals surface area (Å²) >= 11 is 0. The Kier molecular flexibility index (Phi) is 4.77. The lowest BCUT2D eigenvalue weighted by Crippen LogP contribution is -2.40. The predicted molar refractivity (Wildman–Crippen MR) is 76.4 cm³/mol. The number of benzene rings is 1. The highest BCUT2D eigenvalue weighted by atomic mass is 16.4. The zero-order valence-corrected chi connectivity index (χ0v) is 11.7. The third-order valence-corrected chi connectivity index (χ3v) is 3.84. The van der Waals surface area contributed by atoms with E-state index in [9.17, 15) is 9.59 Å². The average Bonchev–Trinajstić information content (AvgIpc) is 3.24. The van der Waals surface area contributed by atoms with Crippen LogP contribution in [0.2, 0.25) is 0 Å². The minimum absolute atomic E-state index is 0.0155. The fraction of sp³-hybridized carbons (Fsp3) is 0.500. The minimum Gasteiger partial charge on any atom is -0.481 e. The smallest absolute Gasteiger partial charge is 0.305 e. The Morgan fingerprint density at radius 2 is 1.95 bits per heavy atom. The summed E-state index contributed by atoms with van der Waals surface area (Å²) in [5.74, 6) is -0.776. The van der Waals surface area contributed by atoms with E-state index in [4.69, 9.17) is 5.11 Å². The van der Waals surface area contributed by atoms with Gasteiger partial charge in [0.15, 0.2) is 0 Å². The van der Waals surface area contributed by atoms with Crippen LogP contribution in [0, 0.1) is 5.92 Å². The van der Waals surface area contributed by atoms with Gasteiger partial charge in [-0.3, -0.25) is 9.59 Å². The first-order chi connectivity index (χ1) is 9.61. The molecule has 1 aromatic carbocycles. The van der Waals surface area contributed by atoms with Crippen molar-refractivity contribution in [3.63, 3.8) is 0 Å². The summed E-state index contributed by atoms with van der Waals surface area (Å²) in [6.45, 7) is 1.97. The van der Waals surface area contributed by atoms with Crippen molar-refractivity contribution in [3.8, 4) is 0 Å². The number of carbonyl (C=O) groups excluding carboxylic acids is 1. The Balaban J connectivity index is 2.02. The van der Waals surface area contributed by atoms with E-state index in [1.54, 1.807) is 0 Å². The Hall–Kier alpha value is -1.84. The number of amides is 1. The molecule has 1 amide bonds. The van der Waals surface area contributed by atoms with Crippen LogP contribution in [0.15, 0.2) is 30.3 Å². The molecule has 0 spiro atoms. The first kappa shape index (κ1) is 14.6. The largest absolute Gasteiger partial charge is 0.481 e. The molecule has 4 heteroatoms. The topological polar surface area (TPSA) is 66.4 Å². The highest BCUT2D eigenvalue weighted by Gasteiger charge is 2.34. The Bertz CT molecular complexity index is 468. The number of carboxylic acids is 1. The first-order valence-electron chi connectivity index (χ1n) is 7.19. The summed E-state index contributed by atoms with van der Waals surface area (Å²) < 4.78 is 0. The van der Waals surface area contributed by atoms with Crippen molar-refractivity contribution < 1.29 is 14.7 Å². The van der Waals surface area contributed by atoms with Crippen LogP contribution in [0.4, 0.5) is 0 Å². The van der Waals surface area contributed by atoms with E-state index in [1.165, 1.54) is 0 Å². The number of nitrogens with one attached hydrogen (secondary N) is 1. The van der Waals surface area contributed by atoms with Crippen LogP contribution in [-0.4, -0.2) is 23.0 Å². The van der Waals surface area contributed by atoms with E-state index in [0.29, 0.717) is 12.3 Å². The third kappa shape index (κ3) is 3.83. The summed E-state index contributed by atoms with van der Waals surface area (Å²) in [6, 6.07) is 9.42. The number of carboxylic acid groups (broad SMARTS) is 1. The molecule has 1 aliphatic carbocycles. The summed E-state index contributed by atoms with van der Waals surface area (Å²) in [6.07, 6.45) is 2.75. The maximum absolute atomic E-state index is 12.4. The molecule has 20 heavy (non-hydrogen) atoms. The average molecular weight is 275 g/mol. The monoisotopic (exact) mass is 275 g/mol. The van der Waals surface area contributed by atoms with Gasteiger partial charge in [-0.15, -0.1) is 0 Å². The summed E-state index contributed by atoms with van der Waals surface area (Å²) in [5, 5.41) is 11.9. The van der Waals surface area contributed by atoms with Crippen LogP contribution >= 0.6 is 0 Å². The molecule has 1 aliphatic rings. The van der Waals surface area contributed by atoms with Crippen LogP contribution in [0.3, 0.4) is 0 Å². The summed E-state index contributed by atoms with van der Waals surface area (Å²) in [7, 11) is 0. The van der Waals surface area contributed by atoms with E-state index in [1.807, 2.05) is 37.3 Å². The zero-order chi connectivity index (χ0) is 14.5. The first-order valence-corrected chi connectivity index (χ1v) is 7.19. The maximum Gasteiger partial charge on any atom is 0.305 e. The van der Waals surface area contributed by atoms with E-state index in [-0.39, 0.29) is 24.3 Å². The van der Waals surface area contributed by atoms with Crippen molar-refractivity contribution in [1.82, 2.24) is 5.32 Å². The molecule has 2 unspecified atom stereocenters. The van der Waals surface area contributed by atoms with Gasteiger partial charge in [-0.05, 0) is 30.7 Å². The van der Waals surface area contributed by atoms with Gasteiger partial charge in [0.05, 0.1) is 12.3 Å². The van der Waals surface area contributed by atoms with Crippen LogP contribution in [0.5, 0.6) is 0 Å². The van der Waals surface area contributed by atoms with Gasteiger partial charge in [0.25, 0.3) is 0 Å². The lowest BCUT2D eigenvalue weighted by atomic mass is 9.95. The number of carbonyl (C=O) groups is 2. The van der Waals surface area contributed by atoms with Gasteiger partial charge in [-0.2, -0.15) is 0 Å². The highest BCUT2D eigenvalue weighted by Crippen LogP contribution is 2.34. The molecule has 0 heterocycles. The molecule has 0 radical (unpaired) electrons. The Labute approximate surface area is 119 Å². The van der Waals surface area contributed by atoms with Gasteiger partial charge in [-0.1, -0.05) is 37.3 Å². The lowest BCUT2D eigenvalue weighted by molar-refractivity contribution is -0.138.